The average molecular weight is 303 g/mol. The van der Waals surface area contributed by atoms with Crippen molar-refractivity contribution in [3.63, 3.8) is 0 Å². The molecule has 0 fully saturated rings. The molecule has 0 heterocycles. The van der Waals surface area contributed by atoms with E-state index in [1.165, 1.54) is 0 Å². The molecule has 1 aromatic rings. The first-order chi connectivity index (χ1) is 8.93. The van der Waals surface area contributed by atoms with E-state index in [0.29, 0.717) is 12.1 Å². The van der Waals surface area contributed by atoms with Gasteiger partial charge in [-0.1, -0.05) is 0 Å². The van der Waals surface area contributed by atoms with Gasteiger partial charge in [0.1, 0.15) is 5.75 Å². The maximum Gasteiger partial charge on any atom is 0.434 e. The molecule has 112 valence electrons. The number of aromatic carboxylic acids is 1. The molecule has 4 nitrogen and oxygen atoms in total. The summed E-state index contributed by atoms with van der Waals surface area (Å²) in [6, 6.07) is 2.04. The third-order valence-electron chi connectivity index (χ3n) is 2.10. The van der Waals surface area contributed by atoms with Crippen LogP contribution in [0, 0.1) is 0 Å². The summed E-state index contributed by atoms with van der Waals surface area (Å²) >= 11 is 0. The molecule has 3 N–H and O–H groups in total. The van der Waals surface area contributed by atoms with Gasteiger partial charge in [0.2, 0.25) is 0 Å². The Morgan fingerprint density at radius 1 is 1.15 bits per heavy atom. The van der Waals surface area contributed by atoms with E-state index in [1.54, 1.807) is 0 Å². The number of nitrogen functional groups attached to an aromatic ring is 1. The summed E-state index contributed by atoms with van der Waals surface area (Å²) in [7, 11) is 0. The minimum Gasteiger partial charge on any atom is -0.478 e. The maximum atomic E-state index is 12.3. The second kappa shape index (κ2) is 5.10. The summed E-state index contributed by atoms with van der Waals surface area (Å²) in [6.45, 7) is 0. The van der Waals surface area contributed by atoms with Crippen LogP contribution >= 0.6 is 0 Å². The number of alkyl halides is 6. The fourth-order valence-corrected chi connectivity index (χ4v) is 1.25. The lowest BCUT2D eigenvalue weighted by Gasteiger charge is -2.24. The van der Waals surface area contributed by atoms with Crippen LogP contribution < -0.4 is 10.5 Å². The van der Waals surface area contributed by atoms with Crippen LogP contribution in [0.3, 0.4) is 0 Å². The zero-order valence-electron chi connectivity index (χ0n) is 9.42. The van der Waals surface area contributed by atoms with Gasteiger partial charge in [-0.2, -0.15) is 26.3 Å². The number of carboxylic acids is 1. The molecule has 10 heteroatoms. The van der Waals surface area contributed by atoms with Gasteiger partial charge < -0.3 is 15.6 Å². The van der Waals surface area contributed by atoms with Crippen LogP contribution in [0.5, 0.6) is 5.75 Å². The first kappa shape index (κ1) is 15.9. The maximum absolute atomic E-state index is 12.3. The lowest BCUT2D eigenvalue weighted by atomic mass is 10.1. The summed E-state index contributed by atoms with van der Waals surface area (Å²) in [5, 5.41) is 8.66. The minimum absolute atomic E-state index is 0.319. The van der Waals surface area contributed by atoms with E-state index in [1.807, 2.05) is 0 Å². The molecule has 0 radical (unpaired) electrons. The van der Waals surface area contributed by atoms with Crippen LogP contribution in [0.1, 0.15) is 10.4 Å². The third kappa shape index (κ3) is 3.68. The summed E-state index contributed by atoms with van der Waals surface area (Å²) in [6.07, 6.45) is -15.4. The van der Waals surface area contributed by atoms with Gasteiger partial charge in [-0.3, -0.25) is 0 Å². The van der Waals surface area contributed by atoms with E-state index in [9.17, 15) is 31.1 Å². The molecule has 0 bridgehead atoms. The zero-order valence-corrected chi connectivity index (χ0v) is 9.42. The van der Waals surface area contributed by atoms with E-state index in [4.69, 9.17) is 10.8 Å². The van der Waals surface area contributed by atoms with E-state index in [0.717, 1.165) is 6.07 Å². The van der Waals surface area contributed by atoms with Gasteiger partial charge in [0.25, 0.3) is 6.10 Å². The van der Waals surface area contributed by atoms with Gasteiger partial charge >= 0.3 is 18.3 Å². The van der Waals surface area contributed by atoms with Crippen molar-refractivity contribution in [2.75, 3.05) is 5.73 Å². The second-order valence-corrected chi connectivity index (χ2v) is 3.64. The van der Waals surface area contributed by atoms with Crippen LogP contribution in [-0.4, -0.2) is 29.5 Å². The predicted octanol–water partition coefficient (Wildman–Crippen LogP) is 2.84. The summed E-state index contributed by atoms with van der Waals surface area (Å²) in [5.41, 5.74) is 4.23. The fourth-order valence-electron chi connectivity index (χ4n) is 1.25. The van der Waals surface area contributed by atoms with E-state index in [-0.39, 0.29) is 5.69 Å². The monoisotopic (exact) mass is 303 g/mol. The molecule has 1 rings (SSSR count). The fraction of sp³-hybridized carbons (Fsp3) is 0.300. The van der Waals surface area contributed by atoms with E-state index in [2.05, 4.69) is 4.74 Å². The first-order valence-electron chi connectivity index (χ1n) is 4.86. The Balaban J connectivity index is 3.13. The number of hydrogen-bond acceptors (Lipinski definition) is 3. The molecule has 1 aromatic carbocycles. The molecule has 20 heavy (non-hydrogen) atoms. The third-order valence-corrected chi connectivity index (χ3v) is 2.10. The summed E-state index contributed by atoms with van der Waals surface area (Å²) in [4.78, 5) is 10.7. The Morgan fingerprint density at radius 2 is 1.65 bits per heavy atom. The van der Waals surface area contributed by atoms with Crippen LogP contribution in [-0.2, 0) is 0 Å². The van der Waals surface area contributed by atoms with Crippen LogP contribution in [0.2, 0.25) is 0 Å². The van der Waals surface area contributed by atoms with Gasteiger partial charge in [-0.15, -0.1) is 0 Å². The van der Waals surface area contributed by atoms with Crippen molar-refractivity contribution in [3.05, 3.63) is 23.8 Å². The van der Waals surface area contributed by atoms with Crippen molar-refractivity contribution in [2.24, 2.45) is 0 Å². The minimum atomic E-state index is -5.69. The molecule has 0 atom stereocenters. The highest BCUT2D eigenvalue weighted by Crippen LogP contribution is 2.36. The Bertz CT molecular complexity index is 497. The number of benzene rings is 1. The topological polar surface area (TPSA) is 72.5 Å². The number of carboxylic acid groups (broad SMARTS) is 1. The normalized spacial score (nSPS) is 12.6. The number of nitrogens with two attached hydrogens (primary N) is 1. The molecule has 0 spiro atoms. The molecule has 0 unspecified atom stereocenters. The smallest absolute Gasteiger partial charge is 0.434 e. The highest BCUT2D eigenvalue weighted by Gasteiger charge is 2.59. The van der Waals surface area contributed by atoms with E-state index < -0.39 is 35.7 Å². The molecule has 0 aliphatic carbocycles. The molecule has 0 amide bonds. The van der Waals surface area contributed by atoms with Gasteiger partial charge in [-0.05, 0) is 18.2 Å². The van der Waals surface area contributed by atoms with Crippen LogP contribution in [0.4, 0.5) is 32.0 Å². The Morgan fingerprint density at radius 3 is 2.05 bits per heavy atom. The average Bonchev–Trinajstić information content (AvgIpc) is 2.24. The van der Waals surface area contributed by atoms with Gasteiger partial charge in [-0.25, -0.2) is 4.79 Å². The number of halogens is 6. The SMILES string of the molecule is Nc1ccc(OC(C(F)(F)F)C(F)(F)F)cc1C(=O)O. The van der Waals surface area contributed by atoms with Crippen molar-refractivity contribution in [3.8, 4) is 5.75 Å². The second-order valence-electron chi connectivity index (χ2n) is 3.64. The lowest BCUT2D eigenvalue weighted by Crippen LogP contribution is -2.46. The van der Waals surface area contributed by atoms with Crippen molar-refractivity contribution in [1.82, 2.24) is 0 Å². The number of anilines is 1. The molecule has 0 aliphatic heterocycles. The standard InChI is InChI=1S/C10H7F6NO3/c11-9(12,13)8(10(14,15)16)20-4-1-2-6(17)5(3-4)7(18)19/h1-3,8H,17H2,(H,18,19). The van der Waals surface area contributed by atoms with Crippen LogP contribution in [0.15, 0.2) is 18.2 Å². The quantitative estimate of drug-likeness (QED) is 0.665. The van der Waals surface area contributed by atoms with E-state index >= 15 is 0 Å². The van der Waals surface area contributed by atoms with Gasteiger partial charge in [0.15, 0.2) is 0 Å². The van der Waals surface area contributed by atoms with Crippen LogP contribution in [0.25, 0.3) is 0 Å². The molecule has 0 saturated carbocycles. The molecular formula is C10H7F6NO3. The van der Waals surface area contributed by atoms with Crippen molar-refractivity contribution < 1.29 is 41.0 Å². The first-order valence-corrected chi connectivity index (χ1v) is 4.86. The molecule has 0 aliphatic rings. The highest BCUT2D eigenvalue weighted by molar-refractivity contribution is 5.94. The predicted molar refractivity (Wildman–Crippen MR) is 54.3 cm³/mol. The molecule has 0 aromatic heterocycles. The van der Waals surface area contributed by atoms with Crippen molar-refractivity contribution in [2.45, 2.75) is 18.5 Å². The Hall–Kier alpha value is -2.13. The van der Waals surface area contributed by atoms with Crippen molar-refractivity contribution in [1.29, 1.82) is 0 Å². The number of carbonyl (C=O) groups is 1. The summed E-state index contributed by atoms with van der Waals surface area (Å²) < 4.78 is 77.3. The van der Waals surface area contributed by atoms with Crippen molar-refractivity contribution >= 4 is 11.7 Å². The number of rotatable bonds is 3. The van der Waals surface area contributed by atoms with Gasteiger partial charge in [0, 0.05) is 5.69 Å². The largest absolute Gasteiger partial charge is 0.478 e. The van der Waals surface area contributed by atoms with Gasteiger partial charge in [0.05, 0.1) is 5.56 Å². The highest BCUT2D eigenvalue weighted by atomic mass is 19.4. The number of hydrogen-bond donors (Lipinski definition) is 2. The lowest BCUT2D eigenvalue weighted by molar-refractivity contribution is -0.299. The molecule has 0 saturated heterocycles. The summed E-state index contributed by atoms with van der Waals surface area (Å²) in [5.74, 6) is -2.51. The Kier molecular flexibility index (Phi) is 4.06. The Labute approximate surface area is 107 Å². The zero-order chi connectivity index (χ0) is 15.7. The number of ether oxygens (including phenoxy) is 1. The molecular weight excluding hydrogens is 296 g/mol.